The zero-order valence-corrected chi connectivity index (χ0v) is 9.04. The van der Waals surface area contributed by atoms with Crippen LogP contribution in [0.1, 0.15) is 13.3 Å². The quantitative estimate of drug-likeness (QED) is 0.436. The van der Waals surface area contributed by atoms with E-state index in [0.29, 0.717) is 26.2 Å². The average molecular weight is 217 g/mol. The minimum atomic E-state index is -0.229. The molecular formula is C9H19N3O3. The molecule has 0 aromatic carbocycles. The highest BCUT2D eigenvalue weighted by atomic mass is 16.5. The van der Waals surface area contributed by atoms with Crippen LogP contribution < -0.4 is 16.4 Å². The van der Waals surface area contributed by atoms with Crippen LogP contribution in [0.15, 0.2) is 0 Å². The molecule has 0 unspecified atom stereocenters. The molecule has 0 saturated carbocycles. The molecule has 0 atom stereocenters. The van der Waals surface area contributed by atoms with E-state index in [1.807, 2.05) is 6.92 Å². The third-order valence-corrected chi connectivity index (χ3v) is 1.54. The number of hydrogen-bond acceptors (Lipinski definition) is 4. The predicted molar refractivity (Wildman–Crippen MR) is 56.2 cm³/mol. The summed E-state index contributed by atoms with van der Waals surface area (Å²) in [4.78, 5) is 22.0. The maximum atomic E-state index is 11.0. The van der Waals surface area contributed by atoms with E-state index < -0.39 is 0 Å². The molecule has 0 aromatic rings. The normalized spacial score (nSPS) is 9.73. The van der Waals surface area contributed by atoms with E-state index in [-0.39, 0.29) is 24.8 Å². The van der Waals surface area contributed by atoms with Crippen LogP contribution in [0, 0.1) is 0 Å². The van der Waals surface area contributed by atoms with Crippen molar-refractivity contribution in [1.82, 2.24) is 10.6 Å². The molecule has 88 valence electrons. The van der Waals surface area contributed by atoms with E-state index in [1.165, 1.54) is 0 Å². The van der Waals surface area contributed by atoms with Crippen molar-refractivity contribution in [2.75, 3.05) is 32.8 Å². The summed E-state index contributed by atoms with van der Waals surface area (Å²) in [5.74, 6) is -0.298. The van der Waals surface area contributed by atoms with E-state index in [2.05, 4.69) is 10.6 Å². The van der Waals surface area contributed by atoms with Gasteiger partial charge in [0.1, 0.15) is 6.61 Å². The number of amides is 2. The van der Waals surface area contributed by atoms with Crippen LogP contribution >= 0.6 is 0 Å². The third kappa shape index (κ3) is 9.17. The average Bonchev–Trinajstić information content (AvgIpc) is 2.18. The molecule has 0 aliphatic heterocycles. The molecule has 6 heteroatoms. The van der Waals surface area contributed by atoms with E-state index >= 15 is 0 Å². The lowest BCUT2D eigenvalue weighted by Gasteiger charge is -2.05. The summed E-state index contributed by atoms with van der Waals surface area (Å²) in [6.07, 6.45) is 0.288. The Morgan fingerprint density at radius 3 is 2.60 bits per heavy atom. The predicted octanol–water partition coefficient (Wildman–Crippen LogP) is -1.40. The van der Waals surface area contributed by atoms with Crippen molar-refractivity contribution in [1.29, 1.82) is 0 Å². The molecule has 0 radical (unpaired) electrons. The van der Waals surface area contributed by atoms with Crippen LogP contribution in [-0.2, 0) is 14.3 Å². The number of nitrogens with one attached hydrogen (secondary N) is 2. The number of carbonyl (C=O) groups is 2. The molecule has 15 heavy (non-hydrogen) atoms. The Balaban J connectivity index is 3.34. The van der Waals surface area contributed by atoms with Crippen LogP contribution in [0.2, 0.25) is 0 Å². The molecule has 0 aliphatic rings. The second-order valence-electron chi connectivity index (χ2n) is 2.89. The first-order chi connectivity index (χ1) is 7.20. The highest BCUT2D eigenvalue weighted by molar-refractivity contribution is 5.79. The summed E-state index contributed by atoms with van der Waals surface area (Å²) in [5.41, 5.74) is 5.18. The molecule has 6 nitrogen and oxygen atoms in total. The first-order valence-electron chi connectivity index (χ1n) is 5.02. The standard InChI is InChI=1S/C9H19N3O3/c1-2-11-8(13)3-5-12-9(14)7-15-6-4-10/h2-7,10H2,1H3,(H,11,13)(H,12,14). The first kappa shape index (κ1) is 13.9. The van der Waals surface area contributed by atoms with Gasteiger partial charge in [0.05, 0.1) is 6.61 Å². The zero-order valence-electron chi connectivity index (χ0n) is 9.04. The molecule has 0 aliphatic carbocycles. The number of rotatable bonds is 8. The van der Waals surface area contributed by atoms with Crippen molar-refractivity contribution < 1.29 is 14.3 Å². The summed E-state index contributed by atoms with van der Waals surface area (Å²) in [6.45, 7) is 3.53. The summed E-state index contributed by atoms with van der Waals surface area (Å²) in [5, 5.41) is 5.20. The topological polar surface area (TPSA) is 93.5 Å². The van der Waals surface area contributed by atoms with Crippen LogP contribution in [0.25, 0.3) is 0 Å². The summed E-state index contributed by atoms with van der Waals surface area (Å²) in [6, 6.07) is 0. The molecule has 0 heterocycles. The lowest BCUT2D eigenvalue weighted by atomic mass is 10.4. The number of nitrogens with two attached hydrogens (primary N) is 1. The Bertz CT molecular complexity index is 197. The van der Waals surface area contributed by atoms with Gasteiger partial charge in [0.25, 0.3) is 0 Å². The summed E-state index contributed by atoms with van der Waals surface area (Å²) in [7, 11) is 0. The van der Waals surface area contributed by atoms with Gasteiger partial charge in [0, 0.05) is 26.1 Å². The summed E-state index contributed by atoms with van der Waals surface area (Å²) >= 11 is 0. The van der Waals surface area contributed by atoms with E-state index in [9.17, 15) is 9.59 Å². The Labute approximate surface area is 89.5 Å². The van der Waals surface area contributed by atoms with Crippen molar-refractivity contribution in [2.24, 2.45) is 5.73 Å². The summed E-state index contributed by atoms with van der Waals surface area (Å²) < 4.78 is 4.91. The Hall–Kier alpha value is -1.14. The second kappa shape index (κ2) is 9.42. The van der Waals surface area contributed by atoms with Gasteiger partial charge in [-0.2, -0.15) is 0 Å². The number of carbonyl (C=O) groups excluding carboxylic acids is 2. The van der Waals surface area contributed by atoms with Crippen molar-refractivity contribution >= 4 is 11.8 Å². The first-order valence-corrected chi connectivity index (χ1v) is 5.02. The fourth-order valence-corrected chi connectivity index (χ4v) is 0.900. The van der Waals surface area contributed by atoms with Crippen molar-refractivity contribution in [3.63, 3.8) is 0 Å². The van der Waals surface area contributed by atoms with Gasteiger partial charge >= 0.3 is 0 Å². The second-order valence-corrected chi connectivity index (χ2v) is 2.89. The van der Waals surface area contributed by atoms with Crippen LogP contribution in [0.4, 0.5) is 0 Å². The molecule has 0 aromatic heterocycles. The van der Waals surface area contributed by atoms with E-state index in [1.54, 1.807) is 0 Å². The van der Waals surface area contributed by atoms with Gasteiger partial charge in [0.2, 0.25) is 11.8 Å². The van der Waals surface area contributed by atoms with Crippen LogP contribution in [0.3, 0.4) is 0 Å². The van der Waals surface area contributed by atoms with Crippen molar-refractivity contribution in [3.8, 4) is 0 Å². The van der Waals surface area contributed by atoms with Gasteiger partial charge in [-0.1, -0.05) is 0 Å². The van der Waals surface area contributed by atoms with Gasteiger partial charge in [-0.3, -0.25) is 9.59 Å². The minimum absolute atomic E-state index is 0.00734. The van der Waals surface area contributed by atoms with Gasteiger partial charge in [-0.25, -0.2) is 0 Å². The van der Waals surface area contributed by atoms with Gasteiger partial charge < -0.3 is 21.1 Å². The Kier molecular flexibility index (Phi) is 8.70. The largest absolute Gasteiger partial charge is 0.370 e. The Morgan fingerprint density at radius 2 is 2.00 bits per heavy atom. The Morgan fingerprint density at radius 1 is 1.27 bits per heavy atom. The number of hydrogen-bond donors (Lipinski definition) is 3. The SMILES string of the molecule is CCNC(=O)CCNC(=O)COCCN. The molecule has 0 spiro atoms. The lowest BCUT2D eigenvalue weighted by molar-refractivity contribution is -0.125. The molecule has 2 amide bonds. The van der Waals surface area contributed by atoms with Crippen molar-refractivity contribution in [2.45, 2.75) is 13.3 Å². The zero-order chi connectivity index (χ0) is 11.5. The molecular weight excluding hydrogens is 198 g/mol. The monoisotopic (exact) mass is 217 g/mol. The maximum Gasteiger partial charge on any atom is 0.246 e. The van der Waals surface area contributed by atoms with Gasteiger partial charge in [0.15, 0.2) is 0 Å². The van der Waals surface area contributed by atoms with E-state index in [4.69, 9.17) is 10.5 Å². The van der Waals surface area contributed by atoms with Gasteiger partial charge in [-0.15, -0.1) is 0 Å². The van der Waals surface area contributed by atoms with E-state index in [0.717, 1.165) is 0 Å². The smallest absolute Gasteiger partial charge is 0.246 e. The molecule has 4 N–H and O–H groups in total. The van der Waals surface area contributed by atoms with Crippen LogP contribution in [-0.4, -0.2) is 44.7 Å². The minimum Gasteiger partial charge on any atom is -0.370 e. The molecule has 0 rings (SSSR count). The van der Waals surface area contributed by atoms with Crippen molar-refractivity contribution in [3.05, 3.63) is 0 Å². The third-order valence-electron chi connectivity index (χ3n) is 1.54. The highest BCUT2D eigenvalue weighted by Crippen LogP contribution is 1.78. The lowest BCUT2D eigenvalue weighted by Crippen LogP contribution is -2.33. The molecule has 0 fully saturated rings. The fraction of sp³-hybridized carbons (Fsp3) is 0.778. The maximum absolute atomic E-state index is 11.0. The molecule has 0 saturated heterocycles. The van der Waals surface area contributed by atoms with Gasteiger partial charge in [-0.05, 0) is 6.92 Å². The number of ether oxygens (including phenoxy) is 1. The molecule has 0 bridgehead atoms. The fourth-order valence-electron chi connectivity index (χ4n) is 0.900. The van der Waals surface area contributed by atoms with Crippen LogP contribution in [0.5, 0.6) is 0 Å². The highest BCUT2D eigenvalue weighted by Gasteiger charge is 2.02.